The molecule has 24 heavy (non-hydrogen) atoms. The molecule has 1 amide bonds. The minimum Gasteiger partial charge on any atom is -0.352 e. The van der Waals surface area contributed by atoms with Crippen LogP contribution in [0.3, 0.4) is 0 Å². The molecular weight excluding hydrogens is 342 g/mol. The summed E-state index contributed by atoms with van der Waals surface area (Å²) >= 11 is 7.33. The summed E-state index contributed by atoms with van der Waals surface area (Å²) in [6.45, 7) is 0.527. The highest BCUT2D eigenvalue weighted by molar-refractivity contribution is 7.13. The lowest BCUT2D eigenvalue weighted by Crippen LogP contribution is -2.24. The van der Waals surface area contributed by atoms with E-state index >= 15 is 0 Å². The van der Waals surface area contributed by atoms with Crippen LogP contribution in [-0.4, -0.2) is 10.9 Å². The van der Waals surface area contributed by atoms with Crippen molar-refractivity contribution in [3.8, 4) is 0 Å². The van der Waals surface area contributed by atoms with Gasteiger partial charge in [0.25, 0.3) is 0 Å². The molecule has 0 saturated heterocycles. The Balaban J connectivity index is 1.51. The van der Waals surface area contributed by atoms with Crippen LogP contribution in [0, 0.1) is 0 Å². The Morgan fingerprint density at radius 1 is 1.08 bits per heavy atom. The zero-order valence-corrected chi connectivity index (χ0v) is 14.4. The van der Waals surface area contributed by atoms with Gasteiger partial charge >= 0.3 is 0 Å². The molecule has 0 atom stereocenters. The van der Waals surface area contributed by atoms with Gasteiger partial charge in [-0.2, -0.15) is 0 Å². The molecule has 2 N–H and O–H groups in total. The predicted octanol–water partition coefficient (Wildman–Crippen LogP) is 4.40. The second-order valence-corrected chi connectivity index (χ2v) is 6.51. The maximum atomic E-state index is 12.0. The van der Waals surface area contributed by atoms with Gasteiger partial charge in [0.05, 0.1) is 12.1 Å². The number of nitrogens with one attached hydrogen (secondary N) is 2. The van der Waals surface area contributed by atoms with E-state index in [9.17, 15) is 4.79 Å². The van der Waals surface area contributed by atoms with E-state index in [4.69, 9.17) is 11.6 Å². The molecule has 0 unspecified atom stereocenters. The summed E-state index contributed by atoms with van der Waals surface area (Å²) in [6, 6.07) is 17.2. The van der Waals surface area contributed by atoms with Crippen molar-refractivity contribution in [3.63, 3.8) is 0 Å². The first-order chi connectivity index (χ1) is 11.7. The molecule has 0 bridgehead atoms. The summed E-state index contributed by atoms with van der Waals surface area (Å²) in [7, 11) is 0. The standard InChI is InChI=1S/C18H16ClN3OS/c19-14-6-8-15(9-7-14)21-18-22-16(12-24-18)10-17(23)20-11-13-4-2-1-3-5-13/h1-9,12H,10-11H2,(H,20,23)(H,21,22). The summed E-state index contributed by atoms with van der Waals surface area (Å²) < 4.78 is 0. The van der Waals surface area contributed by atoms with E-state index in [2.05, 4.69) is 15.6 Å². The van der Waals surface area contributed by atoms with Gasteiger partial charge in [0.2, 0.25) is 5.91 Å². The monoisotopic (exact) mass is 357 g/mol. The van der Waals surface area contributed by atoms with Crippen molar-refractivity contribution in [1.82, 2.24) is 10.3 Å². The lowest BCUT2D eigenvalue weighted by Gasteiger charge is -2.04. The second kappa shape index (κ2) is 7.95. The number of hydrogen-bond acceptors (Lipinski definition) is 4. The van der Waals surface area contributed by atoms with Crippen molar-refractivity contribution >= 4 is 39.7 Å². The largest absolute Gasteiger partial charge is 0.352 e. The highest BCUT2D eigenvalue weighted by Gasteiger charge is 2.08. The van der Waals surface area contributed by atoms with Crippen LogP contribution in [0.5, 0.6) is 0 Å². The summed E-state index contributed by atoms with van der Waals surface area (Å²) in [5, 5.41) is 9.44. The Morgan fingerprint density at radius 2 is 1.83 bits per heavy atom. The first-order valence-corrected chi connectivity index (χ1v) is 8.72. The Bertz CT molecular complexity index is 803. The maximum Gasteiger partial charge on any atom is 0.226 e. The van der Waals surface area contributed by atoms with Crippen molar-refractivity contribution in [3.05, 3.63) is 76.3 Å². The van der Waals surface area contributed by atoms with E-state index < -0.39 is 0 Å². The van der Waals surface area contributed by atoms with E-state index in [1.807, 2.05) is 60.0 Å². The quantitative estimate of drug-likeness (QED) is 0.687. The SMILES string of the molecule is O=C(Cc1csc(Nc2ccc(Cl)cc2)n1)NCc1ccccc1. The number of aromatic nitrogens is 1. The van der Waals surface area contributed by atoms with Crippen LogP contribution in [0.4, 0.5) is 10.8 Å². The first kappa shape index (κ1) is 16.5. The number of anilines is 2. The third-order valence-electron chi connectivity index (χ3n) is 3.32. The number of halogens is 1. The number of amides is 1. The third-order valence-corrected chi connectivity index (χ3v) is 4.38. The van der Waals surface area contributed by atoms with Crippen molar-refractivity contribution in [2.75, 3.05) is 5.32 Å². The van der Waals surface area contributed by atoms with Gasteiger partial charge in [-0.1, -0.05) is 41.9 Å². The summed E-state index contributed by atoms with van der Waals surface area (Å²) in [6.07, 6.45) is 0.269. The minimum absolute atomic E-state index is 0.0396. The molecule has 122 valence electrons. The van der Waals surface area contributed by atoms with E-state index in [1.54, 1.807) is 0 Å². The van der Waals surface area contributed by atoms with Gasteiger partial charge in [0.15, 0.2) is 5.13 Å². The van der Waals surface area contributed by atoms with Gasteiger partial charge in [-0.3, -0.25) is 4.79 Å². The number of carbonyl (C=O) groups excluding carboxylic acids is 1. The zero-order chi connectivity index (χ0) is 16.8. The van der Waals surface area contributed by atoms with Gasteiger partial charge in [0.1, 0.15) is 0 Å². The first-order valence-electron chi connectivity index (χ1n) is 7.47. The third kappa shape index (κ3) is 4.81. The molecule has 1 heterocycles. The van der Waals surface area contributed by atoms with Crippen molar-refractivity contribution in [2.45, 2.75) is 13.0 Å². The van der Waals surface area contributed by atoms with E-state index in [0.717, 1.165) is 22.1 Å². The fourth-order valence-corrected chi connectivity index (χ4v) is 2.98. The predicted molar refractivity (Wildman–Crippen MR) is 98.8 cm³/mol. The lowest BCUT2D eigenvalue weighted by molar-refractivity contribution is -0.120. The molecule has 2 aromatic carbocycles. The van der Waals surface area contributed by atoms with Crippen LogP contribution in [0.2, 0.25) is 5.02 Å². The summed E-state index contributed by atoms with van der Waals surface area (Å²) in [4.78, 5) is 16.4. The molecule has 1 aromatic heterocycles. The highest BCUT2D eigenvalue weighted by atomic mass is 35.5. The Labute approximate surface area is 149 Å². The van der Waals surface area contributed by atoms with E-state index in [0.29, 0.717) is 11.6 Å². The van der Waals surface area contributed by atoms with Crippen LogP contribution >= 0.6 is 22.9 Å². The van der Waals surface area contributed by atoms with Crippen LogP contribution < -0.4 is 10.6 Å². The lowest BCUT2D eigenvalue weighted by atomic mass is 10.2. The normalized spacial score (nSPS) is 10.4. The van der Waals surface area contributed by atoms with Crippen LogP contribution in [0.1, 0.15) is 11.3 Å². The fourth-order valence-electron chi connectivity index (χ4n) is 2.13. The highest BCUT2D eigenvalue weighted by Crippen LogP contribution is 2.22. The number of benzene rings is 2. The summed E-state index contributed by atoms with van der Waals surface area (Å²) in [5.41, 5.74) is 2.74. The average Bonchev–Trinajstić information content (AvgIpc) is 3.03. The number of carbonyl (C=O) groups is 1. The molecule has 0 spiro atoms. The van der Waals surface area contributed by atoms with Gasteiger partial charge in [-0.25, -0.2) is 4.98 Å². The van der Waals surface area contributed by atoms with Gasteiger partial charge in [-0.05, 0) is 29.8 Å². The number of nitrogens with zero attached hydrogens (tertiary/aromatic N) is 1. The number of rotatable bonds is 6. The van der Waals surface area contributed by atoms with Crippen molar-refractivity contribution in [1.29, 1.82) is 0 Å². The van der Waals surface area contributed by atoms with Crippen molar-refractivity contribution in [2.24, 2.45) is 0 Å². The average molecular weight is 358 g/mol. The van der Waals surface area contributed by atoms with E-state index in [-0.39, 0.29) is 12.3 Å². The van der Waals surface area contributed by atoms with Gasteiger partial charge < -0.3 is 10.6 Å². The summed E-state index contributed by atoms with van der Waals surface area (Å²) in [5.74, 6) is -0.0396. The minimum atomic E-state index is -0.0396. The molecule has 6 heteroatoms. The molecule has 0 aliphatic heterocycles. The van der Waals surface area contributed by atoms with Gasteiger partial charge in [0, 0.05) is 22.6 Å². The fraction of sp³-hybridized carbons (Fsp3) is 0.111. The molecule has 0 fully saturated rings. The molecule has 0 aliphatic carbocycles. The Morgan fingerprint density at radius 3 is 2.58 bits per heavy atom. The van der Waals surface area contributed by atoms with Crippen LogP contribution in [-0.2, 0) is 17.8 Å². The smallest absolute Gasteiger partial charge is 0.226 e. The molecule has 0 radical (unpaired) electrons. The topological polar surface area (TPSA) is 54.0 Å². The van der Waals surface area contributed by atoms with Crippen molar-refractivity contribution < 1.29 is 4.79 Å². The molecule has 3 aromatic rings. The molecule has 3 rings (SSSR count). The van der Waals surface area contributed by atoms with E-state index in [1.165, 1.54) is 11.3 Å². The Kier molecular flexibility index (Phi) is 5.46. The van der Waals surface area contributed by atoms with Crippen LogP contribution in [0.15, 0.2) is 60.0 Å². The second-order valence-electron chi connectivity index (χ2n) is 5.21. The molecule has 0 aliphatic rings. The molecular formula is C18H16ClN3OS. The molecule has 0 saturated carbocycles. The number of hydrogen-bond donors (Lipinski definition) is 2. The molecule has 4 nitrogen and oxygen atoms in total. The van der Waals surface area contributed by atoms with Gasteiger partial charge in [-0.15, -0.1) is 11.3 Å². The Hall–Kier alpha value is -2.37. The maximum absolute atomic E-state index is 12.0. The van der Waals surface area contributed by atoms with Crippen LogP contribution in [0.25, 0.3) is 0 Å². The zero-order valence-electron chi connectivity index (χ0n) is 12.8. The number of thiazole rings is 1.